The smallest absolute Gasteiger partial charge is 0.237 e. The van der Waals surface area contributed by atoms with Gasteiger partial charge in [-0.05, 0) is 49.1 Å². The third kappa shape index (κ3) is 4.93. The molecular formula is C16H24N2O2S. The van der Waals surface area contributed by atoms with Gasteiger partial charge < -0.3 is 16.2 Å². The molecule has 1 aliphatic rings. The minimum Gasteiger partial charge on any atom is -0.508 e. The lowest BCUT2D eigenvalue weighted by Crippen LogP contribution is -2.45. The standard InChI is InChI=1S/C16H24N2O2S/c1-2-21-14-8-5-12(10-14)18-16(20)15(17)9-11-3-6-13(19)7-4-11/h3-4,6-7,12,14-15,19H,2,5,8-10,17H2,1H3,(H,18,20)/t12?,14?,15-/m0/s1. The van der Waals surface area contributed by atoms with Gasteiger partial charge in [-0.1, -0.05) is 19.1 Å². The van der Waals surface area contributed by atoms with Crippen molar-refractivity contribution in [2.75, 3.05) is 5.75 Å². The Bertz CT molecular complexity index is 464. The van der Waals surface area contributed by atoms with Crippen LogP contribution >= 0.6 is 11.8 Å². The molecule has 5 heteroatoms. The largest absolute Gasteiger partial charge is 0.508 e. The molecule has 3 atom stereocenters. The predicted octanol–water partition coefficient (Wildman–Crippen LogP) is 2.05. The number of phenolic OH excluding ortho intramolecular Hbond substituents is 1. The van der Waals surface area contributed by atoms with Crippen LogP contribution in [0.25, 0.3) is 0 Å². The molecule has 4 N–H and O–H groups in total. The molecule has 1 saturated carbocycles. The molecule has 1 aromatic carbocycles. The van der Waals surface area contributed by atoms with E-state index in [2.05, 4.69) is 12.2 Å². The number of carbonyl (C=O) groups is 1. The molecule has 0 spiro atoms. The Morgan fingerprint density at radius 2 is 2.14 bits per heavy atom. The van der Waals surface area contributed by atoms with Crippen molar-refractivity contribution in [1.82, 2.24) is 5.32 Å². The molecule has 0 radical (unpaired) electrons. The molecule has 21 heavy (non-hydrogen) atoms. The van der Waals surface area contributed by atoms with Gasteiger partial charge in [-0.3, -0.25) is 4.79 Å². The summed E-state index contributed by atoms with van der Waals surface area (Å²) in [6.45, 7) is 2.17. The zero-order valence-corrected chi connectivity index (χ0v) is 13.2. The first kappa shape index (κ1) is 16.2. The molecule has 1 aliphatic carbocycles. The van der Waals surface area contributed by atoms with E-state index in [-0.39, 0.29) is 17.7 Å². The number of phenols is 1. The minimum atomic E-state index is -0.535. The molecule has 0 bridgehead atoms. The van der Waals surface area contributed by atoms with E-state index in [0.29, 0.717) is 11.7 Å². The average molecular weight is 308 g/mol. The van der Waals surface area contributed by atoms with E-state index in [1.807, 2.05) is 11.8 Å². The number of benzene rings is 1. The third-order valence-corrected chi connectivity index (χ3v) is 5.09. The van der Waals surface area contributed by atoms with E-state index in [9.17, 15) is 9.90 Å². The molecule has 116 valence electrons. The lowest BCUT2D eigenvalue weighted by molar-refractivity contribution is -0.123. The molecule has 0 aromatic heterocycles. The molecule has 0 aliphatic heterocycles. The number of carbonyl (C=O) groups excluding carboxylic acids is 1. The zero-order chi connectivity index (χ0) is 15.2. The van der Waals surface area contributed by atoms with Gasteiger partial charge in [0.25, 0.3) is 0 Å². The Balaban J connectivity index is 1.79. The maximum atomic E-state index is 12.1. The van der Waals surface area contributed by atoms with Crippen molar-refractivity contribution in [3.05, 3.63) is 29.8 Å². The van der Waals surface area contributed by atoms with Crippen LogP contribution in [0.15, 0.2) is 24.3 Å². The Labute approximate surface area is 130 Å². The number of nitrogens with two attached hydrogens (primary N) is 1. The van der Waals surface area contributed by atoms with Gasteiger partial charge in [-0.2, -0.15) is 11.8 Å². The van der Waals surface area contributed by atoms with Crippen molar-refractivity contribution < 1.29 is 9.90 Å². The predicted molar refractivity (Wildman–Crippen MR) is 87.5 cm³/mol. The Morgan fingerprint density at radius 3 is 2.81 bits per heavy atom. The molecular weight excluding hydrogens is 284 g/mol. The van der Waals surface area contributed by atoms with Crippen molar-refractivity contribution in [1.29, 1.82) is 0 Å². The second-order valence-electron chi connectivity index (χ2n) is 5.57. The van der Waals surface area contributed by atoms with E-state index in [1.165, 1.54) is 6.42 Å². The fourth-order valence-electron chi connectivity index (χ4n) is 2.75. The SMILES string of the molecule is CCSC1CCC(NC(=O)[C@@H](N)Cc2ccc(O)cc2)C1. The van der Waals surface area contributed by atoms with Gasteiger partial charge in [0.05, 0.1) is 6.04 Å². The van der Waals surface area contributed by atoms with Gasteiger partial charge in [0, 0.05) is 11.3 Å². The number of nitrogens with one attached hydrogen (secondary N) is 1. The summed E-state index contributed by atoms with van der Waals surface area (Å²) in [5.74, 6) is 1.28. The van der Waals surface area contributed by atoms with Gasteiger partial charge in [0.15, 0.2) is 0 Å². The van der Waals surface area contributed by atoms with E-state index in [1.54, 1.807) is 24.3 Å². The maximum Gasteiger partial charge on any atom is 0.237 e. The molecule has 4 nitrogen and oxygen atoms in total. The van der Waals surface area contributed by atoms with Crippen LogP contribution in [0.3, 0.4) is 0 Å². The highest BCUT2D eigenvalue weighted by Crippen LogP contribution is 2.29. The lowest BCUT2D eigenvalue weighted by Gasteiger charge is -2.17. The monoisotopic (exact) mass is 308 g/mol. The first-order valence-corrected chi connectivity index (χ1v) is 8.58. The number of hydrogen-bond donors (Lipinski definition) is 3. The summed E-state index contributed by atoms with van der Waals surface area (Å²) < 4.78 is 0. The number of hydrogen-bond acceptors (Lipinski definition) is 4. The summed E-state index contributed by atoms with van der Waals surface area (Å²) in [4.78, 5) is 12.1. The summed E-state index contributed by atoms with van der Waals surface area (Å²) in [6.07, 6.45) is 3.77. The van der Waals surface area contributed by atoms with Crippen molar-refractivity contribution in [2.24, 2.45) is 5.73 Å². The number of rotatable bonds is 6. The van der Waals surface area contributed by atoms with Crippen LogP contribution in [-0.4, -0.2) is 34.1 Å². The topological polar surface area (TPSA) is 75.4 Å². The third-order valence-electron chi connectivity index (χ3n) is 3.86. The quantitative estimate of drug-likeness (QED) is 0.752. The van der Waals surface area contributed by atoms with E-state index in [0.717, 1.165) is 24.2 Å². The highest BCUT2D eigenvalue weighted by molar-refractivity contribution is 7.99. The second kappa shape index (κ2) is 7.71. The first-order valence-electron chi connectivity index (χ1n) is 7.54. The Morgan fingerprint density at radius 1 is 1.43 bits per heavy atom. The Kier molecular flexibility index (Phi) is 5.94. The lowest BCUT2D eigenvalue weighted by atomic mass is 10.1. The fraction of sp³-hybridized carbons (Fsp3) is 0.562. The molecule has 0 saturated heterocycles. The minimum absolute atomic E-state index is 0.0739. The summed E-state index contributed by atoms with van der Waals surface area (Å²) in [5.41, 5.74) is 6.94. The zero-order valence-electron chi connectivity index (χ0n) is 12.4. The maximum absolute atomic E-state index is 12.1. The molecule has 1 fully saturated rings. The first-order chi connectivity index (χ1) is 10.1. The summed E-state index contributed by atoms with van der Waals surface area (Å²) in [5, 5.41) is 13.0. The molecule has 2 unspecified atom stereocenters. The number of aromatic hydroxyl groups is 1. The van der Waals surface area contributed by atoms with Crippen LogP contribution in [0.2, 0.25) is 0 Å². The highest BCUT2D eigenvalue weighted by atomic mass is 32.2. The average Bonchev–Trinajstić information content (AvgIpc) is 2.89. The van der Waals surface area contributed by atoms with E-state index >= 15 is 0 Å². The van der Waals surface area contributed by atoms with Gasteiger partial charge in [-0.15, -0.1) is 0 Å². The van der Waals surface area contributed by atoms with Crippen LogP contribution in [-0.2, 0) is 11.2 Å². The summed E-state index contributed by atoms with van der Waals surface area (Å²) in [6, 6.07) is 6.56. The molecule has 2 rings (SSSR count). The van der Waals surface area contributed by atoms with Crippen LogP contribution in [0, 0.1) is 0 Å². The van der Waals surface area contributed by atoms with Crippen molar-refractivity contribution >= 4 is 17.7 Å². The number of amides is 1. The van der Waals surface area contributed by atoms with Crippen molar-refractivity contribution in [3.63, 3.8) is 0 Å². The second-order valence-corrected chi connectivity index (χ2v) is 7.15. The van der Waals surface area contributed by atoms with Gasteiger partial charge in [0.2, 0.25) is 5.91 Å². The van der Waals surface area contributed by atoms with Crippen LogP contribution in [0.1, 0.15) is 31.7 Å². The normalized spacial score (nSPS) is 23.0. The molecule has 1 amide bonds. The summed E-state index contributed by atoms with van der Waals surface area (Å²) in [7, 11) is 0. The molecule has 0 heterocycles. The molecule has 1 aromatic rings. The highest BCUT2D eigenvalue weighted by Gasteiger charge is 2.27. The van der Waals surface area contributed by atoms with Crippen LogP contribution in [0.5, 0.6) is 5.75 Å². The van der Waals surface area contributed by atoms with Crippen LogP contribution < -0.4 is 11.1 Å². The van der Waals surface area contributed by atoms with Crippen molar-refractivity contribution in [3.8, 4) is 5.75 Å². The van der Waals surface area contributed by atoms with E-state index in [4.69, 9.17) is 5.73 Å². The van der Waals surface area contributed by atoms with Gasteiger partial charge in [0.1, 0.15) is 5.75 Å². The fourth-order valence-corrected chi connectivity index (χ4v) is 3.89. The number of thioether (sulfide) groups is 1. The van der Waals surface area contributed by atoms with Crippen LogP contribution in [0.4, 0.5) is 0 Å². The van der Waals surface area contributed by atoms with Gasteiger partial charge >= 0.3 is 0 Å². The van der Waals surface area contributed by atoms with E-state index < -0.39 is 6.04 Å². The summed E-state index contributed by atoms with van der Waals surface area (Å²) >= 11 is 1.98. The van der Waals surface area contributed by atoms with Crippen molar-refractivity contribution in [2.45, 2.75) is 49.9 Å². The Hall–Kier alpha value is -1.20. The van der Waals surface area contributed by atoms with Gasteiger partial charge in [-0.25, -0.2) is 0 Å².